The fourth-order valence-corrected chi connectivity index (χ4v) is 12.6. The van der Waals surface area contributed by atoms with Crippen LogP contribution in [-0.4, -0.2) is 109 Å². The zero-order valence-corrected chi connectivity index (χ0v) is 47.6. The first kappa shape index (κ1) is 61.9. The standard InChI is InChI=1S/C56H58N2O18S4/c1-7-9-25-71-53(67)42(54(68)72-26-10-8-2)56-79-47-43(75-39(61)23-21-37(59)69-27-29-73-51(65)33(3)4)45-46(44(48(47)80-56)76-40(62)24-22-38(60)70-28-30-74-52(66)34(5)6)78-55(77-45)41-49(63)57(31-35-17-13-11-14-18-35)58(50(41)64)32-36-19-15-12-16-20-36/h11-20H,3,5,7-10,21-32H2,1-2,4,6H3. The van der Waals surface area contributed by atoms with E-state index in [9.17, 15) is 47.9 Å². The van der Waals surface area contributed by atoms with Gasteiger partial charge < -0.3 is 37.9 Å². The Labute approximate surface area is 478 Å². The van der Waals surface area contributed by atoms with Crippen LogP contribution >= 0.6 is 47.0 Å². The molecule has 80 heavy (non-hydrogen) atoms. The zero-order chi connectivity index (χ0) is 57.9. The van der Waals surface area contributed by atoms with Crippen molar-refractivity contribution in [1.29, 1.82) is 0 Å². The normalized spacial score (nSPS) is 13.3. The maximum atomic E-state index is 14.8. The average molecular weight is 1180 g/mol. The number of fused-ring (bicyclic) bond motifs is 2. The first-order valence-corrected chi connectivity index (χ1v) is 28.6. The average Bonchev–Trinajstić information content (AvgIpc) is 4.13. The Morgan fingerprint density at radius 2 is 0.812 bits per heavy atom. The third-order valence-electron chi connectivity index (χ3n) is 11.2. The number of unbranched alkanes of at least 4 members (excludes halogenated alkanes) is 2. The minimum absolute atomic E-state index is 0.00375. The summed E-state index contributed by atoms with van der Waals surface area (Å²) in [5.41, 5.74) is 0.985. The summed E-state index contributed by atoms with van der Waals surface area (Å²) in [7, 11) is 0. The van der Waals surface area contributed by atoms with E-state index >= 15 is 0 Å². The number of esters is 8. The predicted molar refractivity (Wildman–Crippen MR) is 293 cm³/mol. The van der Waals surface area contributed by atoms with Crippen molar-refractivity contribution in [3.63, 3.8) is 0 Å². The van der Waals surface area contributed by atoms with E-state index in [-0.39, 0.29) is 109 Å². The van der Waals surface area contributed by atoms with Crippen molar-refractivity contribution >= 4 is 107 Å². The minimum atomic E-state index is -1.01. The van der Waals surface area contributed by atoms with Crippen LogP contribution < -0.4 is 9.47 Å². The van der Waals surface area contributed by atoms with E-state index in [0.29, 0.717) is 25.7 Å². The SMILES string of the molecule is C=C(C)C(=O)OCCOC(=O)CCC(=O)Oc1c2c(c(OC(=O)CCC(=O)OCCOC(=O)C(=C)C)c3c1SC(=C1C(=O)N(Cc4ccccc4)N(Cc4ccccc4)C1=O)S3)SC(=C(C(=O)OCCCC)C(=O)OCCCC)S2. The number of hydrogen-bond donors (Lipinski definition) is 0. The number of nitrogens with zero attached hydrogens (tertiary/aromatic N) is 2. The minimum Gasteiger partial charge on any atom is -0.462 e. The molecule has 3 aliphatic heterocycles. The quantitative estimate of drug-likeness (QED) is 0.0125. The lowest BCUT2D eigenvalue weighted by Crippen LogP contribution is -2.39. The molecule has 1 fully saturated rings. The first-order valence-electron chi connectivity index (χ1n) is 25.3. The van der Waals surface area contributed by atoms with Crippen molar-refractivity contribution in [3.8, 4) is 11.5 Å². The smallest absolute Gasteiger partial charge is 0.347 e. The molecule has 0 aromatic heterocycles. The molecule has 0 spiro atoms. The number of thioether (sulfide) groups is 4. The molecule has 0 atom stereocenters. The number of ether oxygens (including phenoxy) is 8. The molecule has 24 heteroatoms. The van der Waals surface area contributed by atoms with Crippen LogP contribution in [0.25, 0.3) is 0 Å². The van der Waals surface area contributed by atoms with Crippen molar-refractivity contribution in [2.24, 2.45) is 0 Å². The summed E-state index contributed by atoms with van der Waals surface area (Å²) in [5.74, 6) is -8.72. The van der Waals surface area contributed by atoms with Crippen LogP contribution in [0, 0.1) is 0 Å². The predicted octanol–water partition coefficient (Wildman–Crippen LogP) is 8.87. The van der Waals surface area contributed by atoms with Crippen molar-refractivity contribution in [2.75, 3.05) is 39.6 Å². The molecule has 424 valence electrons. The van der Waals surface area contributed by atoms with Crippen molar-refractivity contribution in [2.45, 2.75) is 112 Å². The van der Waals surface area contributed by atoms with E-state index in [1.165, 1.54) is 23.9 Å². The summed E-state index contributed by atoms with van der Waals surface area (Å²) >= 11 is 3.32. The number of carbonyl (C=O) groups is 10. The summed E-state index contributed by atoms with van der Waals surface area (Å²) < 4.78 is 43.6. The fraction of sp³-hybridized carbons (Fsp3) is 0.357. The van der Waals surface area contributed by atoms with Crippen LogP contribution in [0.2, 0.25) is 0 Å². The number of hydrogen-bond acceptors (Lipinski definition) is 22. The van der Waals surface area contributed by atoms with Gasteiger partial charge in [0.05, 0.1) is 80.0 Å². The van der Waals surface area contributed by atoms with Gasteiger partial charge >= 0.3 is 47.8 Å². The maximum absolute atomic E-state index is 14.8. The number of rotatable bonds is 28. The molecule has 2 amide bonds. The van der Waals surface area contributed by atoms with Crippen molar-refractivity contribution in [3.05, 3.63) is 116 Å². The molecule has 0 N–H and O–H groups in total. The summed E-state index contributed by atoms with van der Waals surface area (Å²) in [4.78, 5) is 135. The lowest BCUT2D eigenvalue weighted by atomic mass is 10.2. The van der Waals surface area contributed by atoms with E-state index in [1.54, 1.807) is 24.3 Å². The molecule has 3 aromatic rings. The molecule has 0 radical (unpaired) electrons. The Bertz CT molecular complexity index is 2800. The Hall–Kier alpha value is -7.28. The van der Waals surface area contributed by atoms with Crippen LogP contribution in [0.1, 0.15) is 90.2 Å². The molecule has 3 heterocycles. The fourth-order valence-electron chi connectivity index (χ4n) is 7.08. The monoisotopic (exact) mass is 1170 g/mol. The van der Waals surface area contributed by atoms with Gasteiger partial charge in [-0.1, -0.05) is 148 Å². The Morgan fingerprint density at radius 3 is 1.19 bits per heavy atom. The molecular formula is C56H58N2O18S4. The van der Waals surface area contributed by atoms with Gasteiger partial charge in [0.15, 0.2) is 17.1 Å². The molecule has 0 saturated carbocycles. The van der Waals surface area contributed by atoms with Gasteiger partial charge in [-0.25, -0.2) is 29.2 Å². The van der Waals surface area contributed by atoms with E-state index < -0.39 is 90.8 Å². The molecular weight excluding hydrogens is 1120 g/mol. The highest BCUT2D eigenvalue weighted by Crippen LogP contribution is 2.69. The highest BCUT2D eigenvalue weighted by molar-refractivity contribution is 8.26. The van der Waals surface area contributed by atoms with Gasteiger partial charge in [-0.3, -0.25) is 28.8 Å². The van der Waals surface area contributed by atoms with E-state index in [1.807, 2.05) is 50.2 Å². The zero-order valence-electron chi connectivity index (χ0n) is 44.4. The topological polar surface area (TPSA) is 251 Å². The molecule has 0 aliphatic carbocycles. The van der Waals surface area contributed by atoms with Crippen LogP contribution in [0.5, 0.6) is 11.5 Å². The maximum Gasteiger partial charge on any atom is 0.347 e. The lowest BCUT2D eigenvalue weighted by Gasteiger charge is -2.27. The van der Waals surface area contributed by atoms with Gasteiger partial charge in [-0.15, -0.1) is 0 Å². The molecule has 3 aromatic carbocycles. The van der Waals surface area contributed by atoms with E-state index in [4.69, 9.17) is 37.9 Å². The van der Waals surface area contributed by atoms with Crippen molar-refractivity contribution in [1.82, 2.24) is 10.0 Å². The van der Waals surface area contributed by atoms with E-state index in [2.05, 4.69) is 13.2 Å². The lowest BCUT2D eigenvalue weighted by molar-refractivity contribution is -0.151. The molecule has 0 unspecified atom stereocenters. The molecule has 1 saturated heterocycles. The summed E-state index contributed by atoms with van der Waals surface area (Å²) in [5, 5.41) is 2.66. The van der Waals surface area contributed by atoms with Crippen LogP contribution in [0.3, 0.4) is 0 Å². The largest absolute Gasteiger partial charge is 0.462 e. The number of hydrazine groups is 1. The molecule has 3 aliphatic rings. The van der Waals surface area contributed by atoms with Gasteiger partial charge in [0.25, 0.3) is 11.8 Å². The van der Waals surface area contributed by atoms with Gasteiger partial charge in [0.2, 0.25) is 0 Å². The van der Waals surface area contributed by atoms with Gasteiger partial charge in [-0.05, 0) is 37.8 Å². The second-order valence-corrected chi connectivity index (χ2v) is 22.2. The summed E-state index contributed by atoms with van der Waals surface area (Å²) in [6.07, 6.45) is 0.188. The van der Waals surface area contributed by atoms with Gasteiger partial charge in [0.1, 0.15) is 32.0 Å². The number of carbonyl (C=O) groups excluding carboxylic acids is 10. The molecule has 0 bridgehead atoms. The molecule has 20 nitrogen and oxygen atoms in total. The van der Waals surface area contributed by atoms with Crippen LogP contribution in [0.4, 0.5) is 0 Å². The Kier molecular flexibility index (Phi) is 23.5. The van der Waals surface area contributed by atoms with E-state index in [0.717, 1.165) is 58.2 Å². The summed E-state index contributed by atoms with van der Waals surface area (Å²) in [6, 6.07) is 18.1. The Balaban J connectivity index is 1.44. The second kappa shape index (κ2) is 30.3. The van der Waals surface area contributed by atoms with Gasteiger partial charge in [-0.2, -0.15) is 0 Å². The van der Waals surface area contributed by atoms with Gasteiger partial charge in [0, 0.05) is 11.1 Å². The summed E-state index contributed by atoms with van der Waals surface area (Å²) in [6.45, 7) is 12.4. The third-order valence-corrected chi connectivity index (χ3v) is 16.4. The molecule has 6 rings (SSSR count). The first-order chi connectivity index (χ1) is 38.4. The number of amides is 2. The van der Waals surface area contributed by atoms with Crippen molar-refractivity contribution < 1.29 is 85.8 Å². The van der Waals surface area contributed by atoms with Crippen LogP contribution in [0.15, 0.2) is 124 Å². The second-order valence-electron chi connectivity index (χ2n) is 17.6. The Morgan fingerprint density at radius 1 is 0.463 bits per heavy atom. The highest BCUT2D eigenvalue weighted by Gasteiger charge is 2.47. The highest BCUT2D eigenvalue weighted by atomic mass is 32.2. The number of benzene rings is 3. The van der Waals surface area contributed by atoms with Crippen LogP contribution in [-0.2, 0) is 89.5 Å². The third kappa shape index (κ3) is 16.9.